The second kappa shape index (κ2) is 10.9. The monoisotopic (exact) mass is 481 g/mol. The van der Waals surface area contributed by atoms with E-state index in [2.05, 4.69) is 25.9 Å². The third-order valence-electron chi connectivity index (χ3n) is 6.08. The summed E-state index contributed by atoms with van der Waals surface area (Å²) in [6, 6.07) is 7.82. The molecule has 2 aromatic heterocycles. The molecule has 0 unspecified atom stereocenters. The highest BCUT2D eigenvalue weighted by Gasteiger charge is 2.25. The first-order valence-corrected chi connectivity index (χ1v) is 11.7. The second-order valence-corrected chi connectivity index (χ2v) is 8.65. The number of halogens is 1. The number of H-pyrrole nitrogens is 1. The van der Waals surface area contributed by atoms with Gasteiger partial charge in [0.25, 0.3) is 5.91 Å². The fraction of sp³-hybridized carbons (Fsp3) is 0.375. The molecule has 0 radical (unpaired) electrons. The van der Waals surface area contributed by atoms with Crippen LogP contribution in [0.25, 0.3) is 0 Å². The largest absolute Gasteiger partial charge is 0.379 e. The molecule has 5 N–H and O–H groups in total. The van der Waals surface area contributed by atoms with Crippen LogP contribution in [0.15, 0.2) is 42.7 Å². The highest BCUT2D eigenvalue weighted by atomic mass is 19.1. The number of rotatable bonds is 9. The van der Waals surface area contributed by atoms with Gasteiger partial charge in [-0.05, 0) is 30.5 Å². The zero-order valence-corrected chi connectivity index (χ0v) is 19.6. The van der Waals surface area contributed by atoms with Gasteiger partial charge in [0.1, 0.15) is 11.5 Å². The lowest BCUT2D eigenvalue weighted by atomic mass is 9.96. The molecule has 2 amide bonds. The Morgan fingerprint density at radius 2 is 2.06 bits per heavy atom. The van der Waals surface area contributed by atoms with Crippen LogP contribution in [0.5, 0.6) is 0 Å². The summed E-state index contributed by atoms with van der Waals surface area (Å²) in [5.74, 6) is 0.0815. The number of nitrogens with zero attached hydrogens (tertiary/aromatic N) is 4. The normalized spacial score (nSPS) is 14.1. The first-order chi connectivity index (χ1) is 16.9. The third kappa shape index (κ3) is 6.31. The van der Waals surface area contributed by atoms with E-state index in [1.807, 2.05) is 28.9 Å². The number of aromatic nitrogens is 4. The van der Waals surface area contributed by atoms with E-state index in [9.17, 15) is 14.0 Å². The number of nitrogens with one attached hydrogen (secondary N) is 3. The molecule has 3 aromatic rings. The molecular formula is C24H30FN8O2+. The number of carbonyl (C=O) groups excluding carboxylic acids is 2. The number of piperidine rings is 1. The number of likely N-dealkylation sites (tertiary alicyclic amines) is 1. The van der Waals surface area contributed by atoms with Crippen LogP contribution in [-0.2, 0) is 17.9 Å². The fourth-order valence-electron chi connectivity index (χ4n) is 4.20. The number of benzene rings is 1. The quantitative estimate of drug-likeness (QED) is 0.347. The molecule has 184 valence electrons. The van der Waals surface area contributed by atoms with Crippen molar-refractivity contribution in [3.63, 3.8) is 0 Å². The molecule has 35 heavy (non-hydrogen) atoms. The molecule has 1 fully saturated rings. The smallest absolute Gasteiger partial charge is 0.271 e. The lowest BCUT2D eigenvalue weighted by Gasteiger charge is -2.30. The molecule has 0 atom stereocenters. The number of carbonyl (C=O) groups is 2. The molecule has 1 saturated heterocycles. The highest BCUT2D eigenvalue weighted by molar-refractivity contribution is 5.96. The number of primary amides is 1. The van der Waals surface area contributed by atoms with Crippen molar-refractivity contribution in [1.82, 2.24) is 20.2 Å². The van der Waals surface area contributed by atoms with Gasteiger partial charge in [0.2, 0.25) is 12.1 Å². The summed E-state index contributed by atoms with van der Waals surface area (Å²) < 4.78 is 15.5. The maximum Gasteiger partial charge on any atom is 0.271 e. The van der Waals surface area contributed by atoms with Gasteiger partial charge in [0.15, 0.2) is 18.1 Å². The Morgan fingerprint density at radius 1 is 1.26 bits per heavy atom. The summed E-state index contributed by atoms with van der Waals surface area (Å²) >= 11 is 0. The van der Waals surface area contributed by atoms with Crippen LogP contribution in [0.3, 0.4) is 0 Å². The first-order valence-electron chi connectivity index (χ1n) is 11.7. The number of amides is 2. The van der Waals surface area contributed by atoms with E-state index in [-0.39, 0.29) is 24.0 Å². The molecule has 0 spiro atoms. The summed E-state index contributed by atoms with van der Waals surface area (Å²) in [5.41, 5.74) is 7.34. The number of hydrogen-bond acceptors (Lipinski definition) is 6. The van der Waals surface area contributed by atoms with E-state index in [4.69, 9.17) is 5.73 Å². The number of anilines is 3. The Balaban J connectivity index is 1.38. The predicted molar refractivity (Wildman–Crippen MR) is 128 cm³/mol. The topological polar surface area (TPSA) is 133 Å². The Hall–Kier alpha value is -4.02. The Bertz CT molecular complexity index is 1190. The zero-order chi connectivity index (χ0) is 24.8. The Kier molecular flexibility index (Phi) is 7.54. The minimum absolute atomic E-state index is 0.00369. The lowest BCUT2D eigenvalue weighted by molar-refractivity contribution is -0.755. The van der Waals surface area contributed by atoms with E-state index < -0.39 is 5.91 Å². The highest BCUT2D eigenvalue weighted by Crippen LogP contribution is 2.21. The third-order valence-corrected chi connectivity index (χ3v) is 6.08. The Labute approximate surface area is 202 Å². The minimum atomic E-state index is -0.711. The van der Waals surface area contributed by atoms with E-state index in [1.54, 1.807) is 18.2 Å². The van der Waals surface area contributed by atoms with Crippen molar-refractivity contribution in [2.75, 3.05) is 23.7 Å². The average Bonchev–Trinajstić information content (AvgIpc) is 3.29. The van der Waals surface area contributed by atoms with Crippen molar-refractivity contribution in [3.8, 4) is 0 Å². The van der Waals surface area contributed by atoms with Crippen LogP contribution >= 0.6 is 0 Å². The van der Waals surface area contributed by atoms with Gasteiger partial charge in [-0.25, -0.2) is 4.39 Å². The predicted octanol–water partition coefficient (Wildman–Crippen LogP) is 2.33. The fourth-order valence-corrected chi connectivity index (χ4v) is 4.20. The van der Waals surface area contributed by atoms with Crippen molar-refractivity contribution in [2.24, 2.45) is 11.7 Å². The van der Waals surface area contributed by atoms with Crippen LogP contribution in [0.2, 0.25) is 0 Å². The van der Waals surface area contributed by atoms with E-state index in [0.717, 1.165) is 38.2 Å². The minimum Gasteiger partial charge on any atom is -0.379 e. The molecule has 1 aromatic carbocycles. The second-order valence-electron chi connectivity index (χ2n) is 8.65. The summed E-state index contributed by atoms with van der Waals surface area (Å²) in [6.07, 6.45) is 6.25. The molecule has 4 rings (SSSR count). The van der Waals surface area contributed by atoms with E-state index >= 15 is 0 Å². The maximum atomic E-state index is 13.5. The summed E-state index contributed by atoms with van der Waals surface area (Å²) in [4.78, 5) is 25.6. The number of nitrogens with two attached hydrogens (primary N) is 1. The maximum absolute atomic E-state index is 13.5. The molecule has 11 heteroatoms. The standard InChI is InChI=1S/C24H29FN8O2/c1-2-22(34)32-8-6-16(7-9-32)14-33-15-19(13-28-33)29-21-11-20(23(24(26)35)31-30-21)27-12-17-4-3-5-18(25)10-17/h3-5,10-11,13,15-16H,2,6-9,12,14H2,1H3,(H4,26,27,29,30,35)/p+1. The van der Waals surface area contributed by atoms with Crippen molar-refractivity contribution in [2.45, 2.75) is 39.3 Å². The van der Waals surface area contributed by atoms with Crippen molar-refractivity contribution >= 4 is 29.0 Å². The lowest BCUT2D eigenvalue weighted by Crippen LogP contribution is -2.44. The SMILES string of the molecule is CCC(=O)N1CCC(C[n+]2cc(Nc3cc(NCc4cccc(F)c4)c(C(N)=O)nn3)c[nH]2)CC1. The van der Waals surface area contributed by atoms with E-state index in [0.29, 0.717) is 29.4 Å². The molecule has 1 aliphatic heterocycles. The summed E-state index contributed by atoms with van der Waals surface area (Å²) in [6.45, 7) is 4.61. The van der Waals surface area contributed by atoms with Gasteiger partial charge in [-0.1, -0.05) is 19.1 Å². The number of hydrogen-bond donors (Lipinski definition) is 4. The molecule has 0 bridgehead atoms. The van der Waals surface area contributed by atoms with Gasteiger partial charge in [-0.15, -0.1) is 14.9 Å². The summed E-state index contributed by atoms with van der Waals surface area (Å²) in [7, 11) is 0. The van der Waals surface area contributed by atoms with Gasteiger partial charge >= 0.3 is 0 Å². The number of aromatic amines is 1. The first kappa shape index (κ1) is 24.1. The Morgan fingerprint density at radius 3 is 2.77 bits per heavy atom. The van der Waals surface area contributed by atoms with Gasteiger partial charge in [-0.3, -0.25) is 9.59 Å². The van der Waals surface area contributed by atoms with Gasteiger partial charge < -0.3 is 21.3 Å². The van der Waals surface area contributed by atoms with Crippen molar-refractivity contribution in [3.05, 3.63) is 59.8 Å². The molecule has 3 heterocycles. The van der Waals surface area contributed by atoms with Crippen LogP contribution < -0.4 is 21.0 Å². The molecule has 0 aliphatic carbocycles. The van der Waals surface area contributed by atoms with Crippen LogP contribution in [-0.4, -0.2) is 45.1 Å². The van der Waals surface area contributed by atoms with Crippen LogP contribution in [0.1, 0.15) is 42.2 Å². The zero-order valence-electron chi connectivity index (χ0n) is 19.6. The summed E-state index contributed by atoms with van der Waals surface area (Å²) in [5, 5.41) is 17.5. The van der Waals surface area contributed by atoms with Gasteiger partial charge in [-0.2, -0.15) is 5.10 Å². The van der Waals surface area contributed by atoms with Crippen LogP contribution in [0, 0.1) is 11.7 Å². The molecule has 1 aliphatic rings. The van der Waals surface area contributed by atoms with Crippen LogP contribution in [0.4, 0.5) is 21.6 Å². The van der Waals surface area contributed by atoms with Gasteiger partial charge in [0.05, 0.1) is 11.9 Å². The molecule has 10 nitrogen and oxygen atoms in total. The average molecular weight is 482 g/mol. The van der Waals surface area contributed by atoms with E-state index in [1.165, 1.54) is 12.1 Å². The van der Waals surface area contributed by atoms with Crippen molar-refractivity contribution < 1.29 is 18.7 Å². The van der Waals surface area contributed by atoms with Gasteiger partial charge in [0, 0.05) is 38.0 Å². The molecule has 0 saturated carbocycles. The van der Waals surface area contributed by atoms with Crippen molar-refractivity contribution in [1.29, 1.82) is 0 Å². The molecular weight excluding hydrogens is 451 g/mol.